The summed E-state index contributed by atoms with van der Waals surface area (Å²) in [6.45, 7) is 31.8. The summed E-state index contributed by atoms with van der Waals surface area (Å²) in [6.07, 6.45) is -4.53. The van der Waals surface area contributed by atoms with Crippen LogP contribution in [0.4, 0.5) is 20.4 Å². The highest BCUT2D eigenvalue weighted by Gasteiger charge is 2.48. The fourth-order valence-corrected chi connectivity index (χ4v) is 28.6. The standard InChI is InChI=1S/C31H48FN4O6PS2.C17H18FN3O5.C8H18OS2.C7H17ClNP.2CH4O.CH4.S8/c1-21(2)36(22(3)4)43(40-18-12-13-19-44-45-31(6,7)8)42-28-23(5)41-29(27(28)32)35-17-16-25(34-30(35)38)33-26(37)20-39-24-14-10-9-11-15-24;1-10-15(23)14(18)16(26-10)21-8-7-12(20-17(21)24)19-13(22)9-25-11-5-3-2-4-6-11;1-8(2,3)11-10-7-5-4-6-9;1-6(2)9(7(3)4)10(5)8;2*1-2;;1-3-5-7-8-6-4-2/h9-11,14-17,21-23,27-29H,12-13,18-20H2,1-8H3,(H,33,34,37,38);2-8,10,14-16,23H,9H2,1H3,(H,19,20,22,24);9H,4-7H2,1-3H3;6-7H,1-5H3;2*2H,1H3;1H4;/t23-,27?,28+,29-,43?;10-,14?,15+,16-;;;;;;/m11....../s1/i5D;1D;;;2*2T;;. The lowest BCUT2D eigenvalue weighted by Crippen LogP contribution is -2.38. The molecule has 0 aliphatic carbocycles. The number of hydrogen-bond acceptors (Lipinski definition) is 24. The Hall–Kier alpha value is -1.49. The van der Waals surface area contributed by atoms with Crippen molar-refractivity contribution in [2.45, 2.75) is 227 Å². The van der Waals surface area contributed by atoms with Crippen LogP contribution in [0.3, 0.4) is 0 Å². The van der Waals surface area contributed by atoms with Crippen molar-refractivity contribution in [1.29, 1.82) is 2.86 Å². The zero-order valence-electron chi connectivity index (χ0n) is 65.9. The van der Waals surface area contributed by atoms with Crippen molar-refractivity contribution in [3.8, 4) is 11.5 Å². The Morgan fingerprint density at radius 1 is 0.686 bits per heavy atom. The Labute approximate surface area is 678 Å². The second kappa shape index (κ2) is 60.2. The summed E-state index contributed by atoms with van der Waals surface area (Å²) in [6, 6.07) is 21.5. The molecule has 604 valence electrons. The Balaban J connectivity index is 0. The van der Waals surface area contributed by atoms with Crippen molar-refractivity contribution >= 4 is 169 Å². The molecule has 4 unspecified atom stereocenters. The minimum absolute atomic E-state index is 0. The number of rotatable bonds is 30. The molecular weight excluding hydrogens is 1650 g/mol. The van der Waals surface area contributed by atoms with Crippen LogP contribution in [-0.4, -0.2) is 193 Å². The number of benzene rings is 2. The van der Waals surface area contributed by atoms with Crippen LogP contribution >= 0.6 is 70.4 Å². The molecule has 0 spiro atoms. The number of nitrogens with zero attached hydrogens (tertiary/aromatic N) is 6. The SMILES string of the molecule is C.CC(C)(C)SSCCCCO.CC(C)N(C(C)C)P(C)Cl.S=S=S=S=S=S=S=S.[2H]C[C@H]1O[C@@H](n2ccc(NC(=O)COc3ccccc3)nc2=O)C(F)[C@H]1O.[2H]C[C@H]1O[C@@H](n2ccc(NC(=O)COc3ccccc3)nc2=O)C(F)[C@H]1OP(OCCCCSSC(C)(C)C)N(C(C)C)C(C)C.[3H]OC.[3H]OC. The van der Waals surface area contributed by atoms with E-state index in [4.69, 9.17) is 49.9 Å². The summed E-state index contributed by atoms with van der Waals surface area (Å²) < 4.78 is 98.2. The molecule has 2 aliphatic rings. The van der Waals surface area contributed by atoms with E-state index in [1.165, 1.54) is 56.5 Å². The van der Waals surface area contributed by atoms with Gasteiger partial charge in [-0.05, 0) is 138 Å². The molecule has 4 heterocycles. The Morgan fingerprint density at radius 3 is 1.43 bits per heavy atom. The van der Waals surface area contributed by atoms with Crippen molar-refractivity contribution < 1.29 is 69.5 Å². The lowest BCUT2D eigenvalue weighted by Gasteiger charge is -2.37. The molecule has 6 rings (SSSR count). The first-order valence-corrected chi connectivity index (χ1v) is 50.3. The minimum atomic E-state index is -1.86. The van der Waals surface area contributed by atoms with Crippen LogP contribution in [0.15, 0.2) is 94.8 Å². The lowest BCUT2D eigenvalue weighted by atomic mass is 10.2. The number of ether oxygens (including phenoxy) is 4. The second-order valence-corrected chi connectivity index (χ2v) is 45.9. The summed E-state index contributed by atoms with van der Waals surface area (Å²) in [5, 5.41) is 30.1. The maximum Gasteiger partial charge on any atom is 0.351 e. The zero-order chi connectivity index (χ0) is 82.0. The molecule has 0 radical (unpaired) electrons. The van der Waals surface area contributed by atoms with Crippen LogP contribution in [0.1, 0.15) is 159 Å². The van der Waals surface area contributed by atoms with Gasteiger partial charge in [-0.1, -0.05) is 140 Å². The van der Waals surface area contributed by atoms with Gasteiger partial charge >= 0.3 is 11.4 Å². The number of alkyl halides is 2. The van der Waals surface area contributed by atoms with E-state index < -0.39 is 88.4 Å². The van der Waals surface area contributed by atoms with Gasteiger partial charge in [-0.15, -0.1) is 0 Å². The molecule has 2 aliphatic heterocycles. The number of nitrogens with one attached hydrogen (secondary N) is 2. The Bertz CT molecular complexity index is 3450. The molecule has 10 atom stereocenters. The quantitative estimate of drug-likeness (QED) is 0.0161. The predicted molar refractivity (Wildman–Crippen MR) is 461 cm³/mol. The second-order valence-electron chi connectivity index (χ2n) is 24.6. The van der Waals surface area contributed by atoms with Gasteiger partial charge in [0, 0.05) is 157 Å². The molecule has 2 amide bonds. The van der Waals surface area contributed by atoms with Crippen LogP contribution in [0.25, 0.3) is 0 Å². The van der Waals surface area contributed by atoms with Crippen molar-refractivity contribution in [2.75, 3.05) is 69.5 Å². The lowest BCUT2D eigenvalue weighted by molar-refractivity contribution is -0.118. The highest BCUT2D eigenvalue weighted by molar-refractivity contribution is 8.77. The van der Waals surface area contributed by atoms with Crippen LogP contribution in [-0.2, 0) is 104 Å². The molecular formula is C66H113ClF2N8O14P2S12. The van der Waals surface area contributed by atoms with Crippen LogP contribution in [0.2, 0.25) is 0 Å². The van der Waals surface area contributed by atoms with Crippen molar-refractivity contribution in [3.05, 3.63) is 106 Å². The number of unbranched alkanes of at least 4 members (excludes halogenated alkanes) is 2. The van der Waals surface area contributed by atoms with Gasteiger partial charge in [0.1, 0.15) is 35.3 Å². The molecule has 2 fully saturated rings. The van der Waals surface area contributed by atoms with E-state index in [0.29, 0.717) is 41.5 Å². The van der Waals surface area contributed by atoms with E-state index >= 15 is 4.39 Å². The summed E-state index contributed by atoms with van der Waals surface area (Å²) in [7, 11) is 17.1. The van der Waals surface area contributed by atoms with E-state index in [0.717, 1.165) is 46.3 Å². The fraction of sp³-hybridized carbons (Fsp3) is 0.667. The van der Waals surface area contributed by atoms with Crippen LogP contribution in [0, 0.1) is 0 Å². The Kier molecular flexibility index (Phi) is 56.0. The van der Waals surface area contributed by atoms with Gasteiger partial charge in [-0.25, -0.2) is 23.0 Å². The number of hydrogen-bond donors (Lipinski definition) is 6. The van der Waals surface area contributed by atoms with E-state index in [2.05, 4.69) is 138 Å². The average Bonchev–Trinajstić information content (AvgIpc) is 1.66. The normalized spacial score (nSPS) is 19.0. The number of para-hydroxylation sites is 2. The number of aliphatic hydroxyl groups is 4. The molecule has 4 aromatic rings. The first-order chi connectivity index (χ1) is 51.1. The molecule has 0 saturated carbocycles. The summed E-state index contributed by atoms with van der Waals surface area (Å²) >= 11 is 15.2. The van der Waals surface area contributed by atoms with Gasteiger partial charge in [0.15, 0.2) is 38.0 Å². The third kappa shape index (κ3) is 45.7. The average molecular weight is 1770 g/mol. The van der Waals surface area contributed by atoms with Gasteiger partial charge in [-0.2, -0.15) is 9.97 Å². The van der Waals surface area contributed by atoms with Crippen molar-refractivity contribution in [1.82, 2.24) is 28.4 Å². The number of carbonyl (C=O) groups excluding carboxylic acids is 2. The van der Waals surface area contributed by atoms with Gasteiger partial charge in [-0.3, -0.25) is 23.4 Å². The smallest absolute Gasteiger partial charge is 0.351 e. The van der Waals surface area contributed by atoms with E-state index in [1.807, 2.05) is 83.0 Å². The fourth-order valence-electron chi connectivity index (χ4n) is 8.63. The van der Waals surface area contributed by atoms with E-state index in [9.17, 15) is 28.7 Å². The van der Waals surface area contributed by atoms with Gasteiger partial charge in [0.25, 0.3) is 20.3 Å². The highest BCUT2D eigenvalue weighted by Crippen LogP contribution is 2.51. The topological polar surface area (TPSA) is 271 Å². The van der Waals surface area contributed by atoms with E-state index in [1.54, 1.807) is 84.1 Å². The predicted octanol–water partition coefficient (Wildman–Crippen LogP) is 14.2. The molecule has 2 saturated heterocycles. The molecule has 6 N–H and O–H groups in total. The number of amides is 2. The summed E-state index contributed by atoms with van der Waals surface area (Å²) in [5.41, 5.74) is -1.67. The van der Waals surface area contributed by atoms with Gasteiger partial charge in [0.2, 0.25) is 2.86 Å². The number of halogens is 3. The monoisotopic (exact) mass is 1770 g/mol. The number of aromatic nitrogens is 4. The number of carbonyl (C=O) groups is 2. The molecule has 2 aromatic heterocycles. The third-order valence-electron chi connectivity index (χ3n) is 12.6. The van der Waals surface area contributed by atoms with Crippen molar-refractivity contribution in [2.24, 2.45) is 0 Å². The molecule has 105 heavy (non-hydrogen) atoms. The minimum Gasteiger partial charge on any atom is -0.484 e. The number of aliphatic hydroxyl groups excluding tert-OH is 4. The van der Waals surface area contributed by atoms with E-state index in [-0.39, 0.29) is 62.9 Å². The largest absolute Gasteiger partial charge is 0.484 e. The summed E-state index contributed by atoms with van der Waals surface area (Å²) in [5.74, 6) is 2.15. The van der Waals surface area contributed by atoms with Crippen molar-refractivity contribution in [3.63, 3.8) is 0 Å². The first kappa shape index (κ1) is 97.7. The number of anilines is 2. The molecule has 22 nitrogen and oxygen atoms in total. The maximum atomic E-state index is 16.1. The van der Waals surface area contributed by atoms with Crippen LogP contribution < -0.4 is 31.5 Å². The highest BCUT2D eigenvalue weighted by atomic mass is 35.7. The maximum absolute atomic E-state index is 16.1. The van der Waals surface area contributed by atoms with Crippen LogP contribution in [0.5, 0.6) is 11.5 Å². The molecule has 39 heteroatoms. The zero-order valence-corrected chi connectivity index (χ0v) is 74.2. The van der Waals surface area contributed by atoms with Gasteiger partial charge in [0.05, 0.1) is 26.2 Å². The first-order valence-electron chi connectivity index (χ1n) is 34.8. The molecule has 2 aromatic carbocycles. The Morgan fingerprint density at radius 2 is 1.09 bits per heavy atom. The van der Waals surface area contributed by atoms with Gasteiger partial charge < -0.3 is 59.1 Å². The molecule has 0 bridgehead atoms. The third-order valence-corrected chi connectivity index (χ3v) is 34.8. The summed E-state index contributed by atoms with van der Waals surface area (Å²) in [4.78, 5) is 56.9.